The molecule has 0 spiro atoms. The van der Waals surface area contributed by atoms with E-state index in [9.17, 15) is 14.9 Å². The average molecular weight is 449 g/mol. The van der Waals surface area contributed by atoms with Gasteiger partial charge in [-0.1, -0.05) is 12.1 Å². The predicted molar refractivity (Wildman–Crippen MR) is 123 cm³/mol. The molecule has 3 aromatic heterocycles. The maximum absolute atomic E-state index is 13.1. The van der Waals surface area contributed by atoms with Gasteiger partial charge >= 0.3 is 0 Å². The molecule has 0 unspecified atom stereocenters. The van der Waals surface area contributed by atoms with E-state index in [0.717, 1.165) is 16.6 Å². The van der Waals surface area contributed by atoms with Crippen LogP contribution in [0.2, 0.25) is 0 Å². The average Bonchev–Trinajstić information content (AvgIpc) is 3.41. The molecule has 162 valence electrons. The molecule has 9 nitrogen and oxygen atoms in total. The van der Waals surface area contributed by atoms with E-state index in [0.29, 0.717) is 27.6 Å². The Balaban J connectivity index is 1.74. The van der Waals surface area contributed by atoms with E-state index in [2.05, 4.69) is 15.5 Å². The van der Waals surface area contributed by atoms with Crippen molar-refractivity contribution in [3.05, 3.63) is 86.7 Å². The van der Waals surface area contributed by atoms with E-state index in [-0.39, 0.29) is 5.69 Å². The van der Waals surface area contributed by atoms with Crippen LogP contribution in [0.5, 0.6) is 0 Å². The summed E-state index contributed by atoms with van der Waals surface area (Å²) in [4.78, 5) is 29.5. The molecule has 32 heavy (non-hydrogen) atoms. The van der Waals surface area contributed by atoms with Crippen LogP contribution in [-0.4, -0.2) is 33.7 Å². The topological polar surface area (TPSA) is 112 Å². The summed E-state index contributed by atoms with van der Waals surface area (Å²) < 4.78 is 7.22. The van der Waals surface area contributed by atoms with E-state index in [1.54, 1.807) is 25.3 Å². The number of nitro groups is 1. The molecule has 1 aromatic carbocycles. The van der Waals surface area contributed by atoms with Crippen molar-refractivity contribution < 1.29 is 14.5 Å². The van der Waals surface area contributed by atoms with Crippen molar-refractivity contribution in [2.45, 2.75) is 13.5 Å². The molecular formula is C22H19N5O4S. The molecule has 4 rings (SSSR count). The number of nitrogens with one attached hydrogen (secondary N) is 1. The Kier molecular flexibility index (Phi) is 6.06. The fourth-order valence-electron chi connectivity index (χ4n) is 3.42. The van der Waals surface area contributed by atoms with Crippen LogP contribution >= 0.6 is 11.3 Å². The molecule has 0 aliphatic rings. The third-order valence-corrected chi connectivity index (χ3v) is 5.79. The molecule has 0 atom stereocenters. The summed E-state index contributed by atoms with van der Waals surface area (Å²) >= 11 is 1.26. The van der Waals surface area contributed by atoms with Crippen molar-refractivity contribution in [1.29, 1.82) is 0 Å². The number of hydrazone groups is 1. The number of benzene rings is 1. The number of fused-ring (bicyclic) bond motifs is 1. The second kappa shape index (κ2) is 9.08. The van der Waals surface area contributed by atoms with Crippen LogP contribution in [0.25, 0.3) is 15.9 Å². The van der Waals surface area contributed by atoms with Crippen LogP contribution in [0.4, 0.5) is 5.69 Å². The van der Waals surface area contributed by atoms with E-state index >= 15 is 0 Å². The maximum atomic E-state index is 13.1. The van der Waals surface area contributed by atoms with Gasteiger partial charge in [0.1, 0.15) is 9.71 Å². The van der Waals surface area contributed by atoms with Crippen molar-refractivity contribution in [2.24, 2.45) is 5.10 Å². The number of carbonyl (C=O) groups excluding carboxylic acids is 1. The van der Waals surface area contributed by atoms with E-state index < -0.39 is 10.8 Å². The summed E-state index contributed by atoms with van der Waals surface area (Å²) in [5.41, 5.74) is 5.13. The fraction of sp³-hybridized carbons (Fsp3) is 0.136. The minimum atomic E-state index is -0.495. The molecule has 1 amide bonds. The lowest BCUT2D eigenvalue weighted by Crippen LogP contribution is -2.18. The number of methoxy groups -OCH3 is 1. The second-order valence-electron chi connectivity index (χ2n) is 6.92. The Morgan fingerprint density at radius 1 is 1.31 bits per heavy atom. The summed E-state index contributed by atoms with van der Waals surface area (Å²) in [6.45, 7) is 2.27. The molecular weight excluding hydrogens is 430 g/mol. The highest BCUT2D eigenvalue weighted by Gasteiger charge is 2.23. The SMILES string of the molecule is COCc1cc(C)nc2sc(C(=O)N/N=C/c3ccccc3[N+](=O)[O-])c(-n3cccc3)c12. The number of nitrogens with zero attached hydrogens (tertiary/aromatic N) is 4. The van der Waals surface area contributed by atoms with E-state index in [1.807, 2.05) is 42.1 Å². The highest BCUT2D eigenvalue weighted by atomic mass is 32.1. The van der Waals surface area contributed by atoms with Crippen LogP contribution in [0.1, 0.15) is 26.5 Å². The largest absolute Gasteiger partial charge is 0.380 e. The monoisotopic (exact) mass is 449 g/mol. The standard InChI is InChI=1S/C22H19N5O4S/c1-14-11-16(13-31-2)18-19(26-9-5-6-10-26)20(32-22(18)24-14)21(28)25-23-12-15-7-3-4-8-17(15)27(29)30/h3-12H,13H2,1-2H3,(H,25,28)/b23-12+. The summed E-state index contributed by atoms with van der Waals surface area (Å²) in [7, 11) is 1.62. The number of aryl methyl sites for hydroxylation is 1. The molecule has 0 radical (unpaired) electrons. The number of nitro benzene ring substituents is 1. The van der Waals surface area contributed by atoms with Crippen LogP contribution < -0.4 is 5.43 Å². The number of pyridine rings is 1. The number of ether oxygens (including phenoxy) is 1. The third kappa shape index (κ3) is 4.13. The number of hydrogen-bond donors (Lipinski definition) is 1. The summed E-state index contributed by atoms with van der Waals surface area (Å²) in [6.07, 6.45) is 4.97. The molecule has 0 aliphatic carbocycles. The number of amides is 1. The van der Waals surface area contributed by atoms with Crippen molar-refractivity contribution in [1.82, 2.24) is 15.0 Å². The molecule has 0 saturated heterocycles. The van der Waals surface area contributed by atoms with Crippen molar-refractivity contribution >= 4 is 39.4 Å². The maximum Gasteiger partial charge on any atom is 0.283 e. The van der Waals surface area contributed by atoms with Gasteiger partial charge in [-0.25, -0.2) is 10.4 Å². The first-order valence-corrected chi connectivity index (χ1v) is 10.4. The first-order valence-electron chi connectivity index (χ1n) is 9.61. The zero-order valence-electron chi connectivity index (χ0n) is 17.3. The van der Waals surface area contributed by atoms with Gasteiger partial charge in [-0.05, 0) is 36.8 Å². The minimum Gasteiger partial charge on any atom is -0.380 e. The molecule has 3 heterocycles. The second-order valence-corrected chi connectivity index (χ2v) is 7.92. The Morgan fingerprint density at radius 3 is 2.78 bits per heavy atom. The lowest BCUT2D eigenvalue weighted by atomic mass is 10.1. The zero-order valence-corrected chi connectivity index (χ0v) is 18.1. The summed E-state index contributed by atoms with van der Waals surface area (Å²) in [5, 5.41) is 16.0. The molecule has 4 aromatic rings. The number of hydrogen-bond acceptors (Lipinski definition) is 7. The van der Waals surface area contributed by atoms with E-state index in [4.69, 9.17) is 4.74 Å². The Hall–Kier alpha value is -3.89. The lowest BCUT2D eigenvalue weighted by Gasteiger charge is -2.09. The van der Waals surface area contributed by atoms with Crippen LogP contribution in [-0.2, 0) is 11.3 Å². The lowest BCUT2D eigenvalue weighted by molar-refractivity contribution is -0.385. The fourth-order valence-corrected chi connectivity index (χ4v) is 4.58. The number of para-hydroxylation sites is 1. The Morgan fingerprint density at radius 2 is 2.06 bits per heavy atom. The van der Waals surface area contributed by atoms with Crippen molar-refractivity contribution in [2.75, 3.05) is 7.11 Å². The highest BCUT2D eigenvalue weighted by molar-refractivity contribution is 7.21. The number of aromatic nitrogens is 2. The number of thiophene rings is 1. The normalized spacial score (nSPS) is 11.3. The van der Waals surface area contributed by atoms with Gasteiger partial charge in [0.25, 0.3) is 11.6 Å². The summed E-state index contributed by atoms with van der Waals surface area (Å²) in [5.74, 6) is -0.437. The first-order chi connectivity index (χ1) is 15.5. The predicted octanol–water partition coefficient (Wildman–Crippen LogP) is 4.21. The Bertz CT molecular complexity index is 1330. The van der Waals surface area contributed by atoms with Gasteiger partial charge in [-0.15, -0.1) is 11.3 Å². The third-order valence-electron chi connectivity index (χ3n) is 4.72. The van der Waals surface area contributed by atoms with Gasteiger partial charge in [0.2, 0.25) is 0 Å². The number of rotatable bonds is 7. The van der Waals surface area contributed by atoms with Crippen molar-refractivity contribution in [3.8, 4) is 5.69 Å². The molecule has 10 heteroatoms. The molecule has 1 N–H and O–H groups in total. The first kappa shape index (κ1) is 21.3. The molecule has 0 saturated carbocycles. The van der Waals surface area contributed by atoms with E-state index in [1.165, 1.54) is 23.6 Å². The van der Waals surface area contributed by atoms with Gasteiger partial charge in [-0.3, -0.25) is 14.9 Å². The minimum absolute atomic E-state index is 0.0933. The van der Waals surface area contributed by atoms with Crippen LogP contribution in [0, 0.1) is 17.0 Å². The molecule has 0 aliphatic heterocycles. The van der Waals surface area contributed by atoms with Gasteiger partial charge in [0, 0.05) is 36.7 Å². The van der Waals surface area contributed by atoms with Crippen LogP contribution in [0.15, 0.2) is 60.0 Å². The smallest absolute Gasteiger partial charge is 0.283 e. The van der Waals surface area contributed by atoms with Crippen molar-refractivity contribution in [3.63, 3.8) is 0 Å². The summed E-state index contributed by atoms with van der Waals surface area (Å²) in [6, 6.07) is 11.9. The zero-order chi connectivity index (χ0) is 22.7. The Labute approximate surface area is 187 Å². The van der Waals surface area contributed by atoms with Crippen LogP contribution in [0.3, 0.4) is 0 Å². The quantitative estimate of drug-likeness (QED) is 0.258. The van der Waals surface area contributed by atoms with Gasteiger partial charge in [-0.2, -0.15) is 5.10 Å². The molecule has 0 fully saturated rings. The van der Waals surface area contributed by atoms with Gasteiger partial charge in [0.05, 0.1) is 29.0 Å². The van der Waals surface area contributed by atoms with Gasteiger partial charge < -0.3 is 9.30 Å². The highest BCUT2D eigenvalue weighted by Crippen LogP contribution is 2.36. The molecule has 0 bridgehead atoms. The number of carbonyl (C=O) groups is 1. The van der Waals surface area contributed by atoms with Gasteiger partial charge in [0.15, 0.2) is 0 Å².